The monoisotopic (exact) mass is 383 g/mol. The van der Waals surface area contributed by atoms with E-state index >= 15 is 0 Å². The van der Waals surface area contributed by atoms with Gasteiger partial charge in [0, 0.05) is 23.3 Å². The molecule has 0 aliphatic rings. The zero-order valence-electron chi connectivity index (χ0n) is 14.4. The Bertz CT molecular complexity index is 1070. The van der Waals surface area contributed by atoms with Gasteiger partial charge in [0.15, 0.2) is 6.61 Å². The molecule has 1 N–H and O–H groups in total. The number of halogens is 1. The van der Waals surface area contributed by atoms with Crippen LogP contribution in [-0.4, -0.2) is 28.4 Å². The quantitative estimate of drug-likeness (QED) is 0.398. The lowest BCUT2D eigenvalue weighted by Gasteiger charge is -2.08. The van der Waals surface area contributed by atoms with Crippen LogP contribution in [0.1, 0.15) is 5.56 Å². The van der Waals surface area contributed by atoms with E-state index in [2.05, 4.69) is 10.3 Å². The van der Waals surface area contributed by atoms with E-state index in [1.165, 1.54) is 6.07 Å². The minimum atomic E-state index is -1.02. The summed E-state index contributed by atoms with van der Waals surface area (Å²) < 4.78 is 18.2. The molecule has 0 unspecified atom stereocenters. The number of benzene rings is 2. The summed E-state index contributed by atoms with van der Waals surface area (Å²) in [5, 5.41) is 13.9. The number of carbonyl (C=O) groups is 2. The van der Waals surface area contributed by atoms with Crippen molar-refractivity contribution in [3.63, 3.8) is 0 Å². The molecule has 9 heteroatoms. The predicted octanol–water partition coefficient (Wildman–Crippen LogP) is 3.01. The van der Waals surface area contributed by atoms with Gasteiger partial charge >= 0.3 is 11.7 Å². The molecule has 1 heterocycles. The second-order valence-corrected chi connectivity index (χ2v) is 5.80. The smallest absolute Gasteiger partial charge is 0.310 e. The molecule has 0 aliphatic heterocycles. The molecule has 2 aromatic carbocycles. The van der Waals surface area contributed by atoms with Crippen LogP contribution in [-0.2, 0) is 20.7 Å². The Labute approximate surface area is 158 Å². The number of amides is 1. The molecule has 0 saturated heterocycles. The molecule has 0 atom stereocenters. The third-order valence-corrected chi connectivity index (χ3v) is 3.84. The van der Waals surface area contributed by atoms with Crippen LogP contribution in [0.5, 0.6) is 0 Å². The molecule has 0 fully saturated rings. The number of nitrogens with one attached hydrogen (secondary N) is 1. The molecule has 0 radical (unpaired) electrons. The van der Waals surface area contributed by atoms with Crippen molar-refractivity contribution in [2.45, 2.75) is 6.42 Å². The number of para-hydroxylation sites is 1. The largest absolute Gasteiger partial charge is 0.455 e. The highest BCUT2D eigenvalue weighted by atomic mass is 19.1. The zero-order chi connectivity index (χ0) is 20.1. The van der Waals surface area contributed by atoms with Crippen LogP contribution in [0.2, 0.25) is 0 Å². The SMILES string of the molecule is O=C(COC(=O)Cc1cccc2cccnc12)Nc1ccc(F)c([N+](=O)[O-])c1. The molecule has 0 aliphatic carbocycles. The average molecular weight is 383 g/mol. The van der Waals surface area contributed by atoms with Crippen LogP contribution in [0.25, 0.3) is 10.9 Å². The first kappa shape index (κ1) is 18.9. The summed E-state index contributed by atoms with van der Waals surface area (Å²) in [6.45, 7) is -0.581. The van der Waals surface area contributed by atoms with E-state index in [4.69, 9.17) is 4.74 Å². The third-order valence-electron chi connectivity index (χ3n) is 3.84. The number of hydrogen-bond acceptors (Lipinski definition) is 6. The fourth-order valence-electron chi connectivity index (χ4n) is 2.59. The Balaban J connectivity index is 1.58. The van der Waals surface area contributed by atoms with Crippen LogP contribution in [0.15, 0.2) is 54.7 Å². The summed E-state index contributed by atoms with van der Waals surface area (Å²) in [6, 6.07) is 12.0. The maximum Gasteiger partial charge on any atom is 0.310 e. The molecule has 1 aromatic heterocycles. The number of ether oxygens (including phenoxy) is 1. The van der Waals surface area contributed by atoms with Gasteiger partial charge in [-0.15, -0.1) is 0 Å². The summed E-state index contributed by atoms with van der Waals surface area (Å²) in [4.78, 5) is 38.0. The Morgan fingerprint density at radius 3 is 2.75 bits per heavy atom. The Morgan fingerprint density at radius 2 is 1.96 bits per heavy atom. The molecule has 3 aromatic rings. The van der Waals surface area contributed by atoms with E-state index in [-0.39, 0.29) is 12.1 Å². The fraction of sp³-hybridized carbons (Fsp3) is 0.105. The van der Waals surface area contributed by atoms with Crippen molar-refractivity contribution in [2.24, 2.45) is 0 Å². The van der Waals surface area contributed by atoms with Gasteiger partial charge in [0.2, 0.25) is 5.82 Å². The summed E-state index contributed by atoms with van der Waals surface area (Å²) in [5.41, 5.74) is 0.591. The number of fused-ring (bicyclic) bond motifs is 1. The molecular weight excluding hydrogens is 369 g/mol. The number of nitro groups is 1. The summed E-state index contributed by atoms with van der Waals surface area (Å²) in [5.74, 6) is -2.35. The second kappa shape index (κ2) is 8.21. The average Bonchev–Trinajstić information content (AvgIpc) is 2.68. The Morgan fingerprint density at radius 1 is 1.18 bits per heavy atom. The summed E-state index contributed by atoms with van der Waals surface area (Å²) >= 11 is 0. The van der Waals surface area contributed by atoms with E-state index < -0.39 is 34.9 Å². The third kappa shape index (κ3) is 4.44. The van der Waals surface area contributed by atoms with Gasteiger partial charge in [0.25, 0.3) is 5.91 Å². The van der Waals surface area contributed by atoms with Crippen molar-refractivity contribution < 1.29 is 23.6 Å². The summed E-state index contributed by atoms with van der Waals surface area (Å²) in [7, 11) is 0. The first-order valence-corrected chi connectivity index (χ1v) is 8.16. The lowest BCUT2D eigenvalue weighted by atomic mass is 10.1. The van der Waals surface area contributed by atoms with Gasteiger partial charge in [-0.05, 0) is 23.8 Å². The Hall–Kier alpha value is -3.88. The van der Waals surface area contributed by atoms with Gasteiger partial charge < -0.3 is 10.1 Å². The van der Waals surface area contributed by atoms with E-state index in [1.807, 2.05) is 12.1 Å². The maximum absolute atomic E-state index is 13.3. The number of rotatable bonds is 6. The van der Waals surface area contributed by atoms with E-state index in [0.717, 1.165) is 17.5 Å². The van der Waals surface area contributed by atoms with E-state index in [0.29, 0.717) is 11.1 Å². The van der Waals surface area contributed by atoms with Gasteiger partial charge in [-0.2, -0.15) is 4.39 Å². The van der Waals surface area contributed by atoms with Crippen LogP contribution in [0.4, 0.5) is 15.8 Å². The molecule has 0 spiro atoms. The molecule has 142 valence electrons. The first-order valence-electron chi connectivity index (χ1n) is 8.16. The van der Waals surface area contributed by atoms with Crippen molar-refractivity contribution >= 4 is 34.2 Å². The number of nitro benzene ring substituents is 1. The minimum absolute atomic E-state index is 0.0207. The molecule has 3 rings (SSSR count). The molecular formula is C19H14FN3O5. The van der Waals surface area contributed by atoms with Gasteiger partial charge in [0.05, 0.1) is 16.9 Å². The van der Waals surface area contributed by atoms with Crippen molar-refractivity contribution in [2.75, 3.05) is 11.9 Å². The zero-order valence-corrected chi connectivity index (χ0v) is 14.4. The number of anilines is 1. The maximum atomic E-state index is 13.3. The van der Waals surface area contributed by atoms with Crippen LogP contribution >= 0.6 is 0 Å². The van der Waals surface area contributed by atoms with Crippen molar-refractivity contribution in [3.05, 3.63) is 76.2 Å². The predicted molar refractivity (Wildman–Crippen MR) is 98.1 cm³/mol. The fourth-order valence-corrected chi connectivity index (χ4v) is 2.59. The Kier molecular flexibility index (Phi) is 5.54. The number of nitrogens with zero attached hydrogens (tertiary/aromatic N) is 2. The van der Waals surface area contributed by atoms with Gasteiger partial charge in [0.1, 0.15) is 0 Å². The van der Waals surface area contributed by atoms with Gasteiger partial charge in [-0.1, -0.05) is 24.3 Å². The number of esters is 1. The van der Waals surface area contributed by atoms with Crippen LogP contribution in [0, 0.1) is 15.9 Å². The van der Waals surface area contributed by atoms with E-state index in [1.54, 1.807) is 24.4 Å². The molecule has 0 saturated carbocycles. The second-order valence-electron chi connectivity index (χ2n) is 5.80. The molecule has 1 amide bonds. The van der Waals surface area contributed by atoms with E-state index in [9.17, 15) is 24.1 Å². The standard InChI is InChI=1S/C19H14FN3O5/c20-15-7-6-14(10-16(15)23(26)27)22-17(24)11-28-18(25)9-13-4-1-3-12-5-2-8-21-19(12)13/h1-8,10H,9,11H2,(H,22,24). The highest BCUT2D eigenvalue weighted by molar-refractivity contribution is 5.93. The summed E-state index contributed by atoms with van der Waals surface area (Å²) in [6.07, 6.45) is 1.55. The topological polar surface area (TPSA) is 111 Å². The van der Waals surface area contributed by atoms with Crippen molar-refractivity contribution in [1.82, 2.24) is 4.98 Å². The number of hydrogen-bond donors (Lipinski definition) is 1. The van der Waals surface area contributed by atoms with Gasteiger partial charge in [-0.3, -0.25) is 24.7 Å². The highest BCUT2D eigenvalue weighted by Crippen LogP contribution is 2.21. The molecule has 8 nitrogen and oxygen atoms in total. The number of pyridine rings is 1. The first-order chi connectivity index (χ1) is 13.4. The normalized spacial score (nSPS) is 10.5. The lowest BCUT2D eigenvalue weighted by Crippen LogP contribution is -2.21. The number of carbonyl (C=O) groups excluding carboxylic acids is 2. The van der Waals surface area contributed by atoms with Crippen LogP contribution in [0.3, 0.4) is 0 Å². The molecule has 28 heavy (non-hydrogen) atoms. The van der Waals surface area contributed by atoms with Crippen LogP contribution < -0.4 is 5.32 Å². The minimum Gasteiger partial charge on any atom is -0.455 e. The molecule has 0 bridgehead atoms. The lowest BCUT2D eigenvalue weighted by molar-refractivity contribution is -0.387. The van der Waals surface area contributed by atoms with Gasteiger partial charge in [-0.25, -0.2) is 0 Å². The number of aromatic nitrogens is 1. The van der Waals surface area contributed by atoms with Crippen molar-refractivity contribution in [3.8, 4) is 0 Å². The highest BCUT2D eigenvalue weighted by Gasteiger charge is 2.16. The van der Waals surface area contributed by atoms with Crippen molar-refractivity contribution in [1.29, 1.82) is 0 Å².